The van der Waals surface area contributed by atoms with Crippen LogP contribution >= 0.6 is 30.3 Å². The maximum Gasteiger partial charge on any atom is 0.251 e. The van der Waals surface area contributed by atoms with E-state index in [0.29, 0.717) is 6.54 Å². The van der Waals surface area contributed by atoms with Crippen LogP contribution in [0.1, 0.15) is 16.7 Å². The minimum absolute atomic E-state index is 0.00743. The molecule has 0 bridgehead atoms. The summed E-state index contributed by atoms with van der Waals surface area (Å²) in [6, 6.07) is 12.4. The van der Waals surface area contributed by atoms with E-state index in [2.05, 4.69) is 74.4 Å². The second kappa shape index (κ2) is 9.52. The van der Waals surface area contributed by atoms with Crippen molar-refractivity contribution >= 4 is 47.0 Å². The second-order valence-electron chi connectivity index (χ2n) is 8.48. The van der Waals surface area contributed by atoms with Crippen molar-refractivity contribution < 1.29 is 4.74 Å². The first-order valence-electron chi connectivity index (χ1n) is 10.9. The molecule has 4 heterocycles. The maximum atomic E-state index is 13.0. The molecule has 1 aliphatic rings. The number of aryl methyl sites for hydroxylation is 2. The molecular formula is C25H25IN4O2S. The molecule has 1 aromatic carbocycles. The maximum absolute atomic E-state index is 13.0. The number of hydrogen-bond donors (Lipinski definition) is 0. The van der Waals surface area contributed by atoms with Crippen LogP contribution in [0.2, 0.25) is 0 Å². The Bertz CT molecular complexity index is 1350. The smallest absolute Gasteiger partial charge is 0.251 e. The van der Waals surface area contributed by atoms with E-state index in [0.717, 1.165) is 59.7 Å². The molecule has 8 heteroatoms. The van der Waals surface area contributed by atoms with Crippen LogP contribution in [0.15, 0.2) is 59.8 Å². The minimum Gasteiger partial charge on any atom is -0.378 e. The number of hydrogen-bond acceptors (Lipinski definition) is 5. The van der Waals surface area contributed by atoms with Crippen molar-refractivity contribution in [1.82, 2.24) is 13.5 Å². The van der Waals surface area contributed by atoms with Crippen molar-refractivity contribution in [3.8, 4) is 11.1 Å². The van der Waals surface area contributed by atoms with Gasteiger partial charge < -0.3 is 14.2 Å². The van der Waals surface area contributed by atoms with Gasteiger partial charge in [0.25, 0.3) is 5.56 Å². The number of ether oxygens (including phenoxy) is 1. The lowest BCUT2D eigenvalue weighted by atomic mass is 10.1. The average Bonchev–Trinajstić information content (AvgIpc) is 3.18. The van der Waals surface area contributed by atoms with Gasteiger partial charge in [0.1, 0.15) is 0 Å². The third-order valence-electron chi connectivity index (χ3n) is 5.99. The third-order valence-corrected chi connectivity index (χ3v) is 7.69. The Labute approximate surface area is 209 Å². The summed E-state index contributed by atoms with van der Waals surface area (Å²) in [6.07, 6.45) is 5.90. The summed E-state index contributed by atoms with van der Waals surface area (Å²) >= 11 is 2.26. The zero-order valence-corrected chi connectivity index (χ0v) is 21.6. The Morgan fingerprint density at radius 3 is 2.55 bits per heavy atom. The van der Waals surface area contributed by atoms with Crippen LogP contribution in [0.3, 0.4) is 0 Å². The fourth-order valence-electron chi connectivity index (χ4n) is 4.51. The molecule has 0 spiro atoms. The van der Waals surface area contributed by atoms with Crippen LogP contribution in [0.25, 0.3) is 22.2 Å². The van der Waals surface area contributed by atoms with Gasteiger partial charge in [0.05, 0.1) is 31.6 Å². The van der Waals surface area contributed by atoms with E-state index in [1.165, 1.54) is 11.1 Å². The molecule has 0 N–H and O–H groups in total. The van der Waals surface area contributed by atoms with Gasteiger partial charge in [-0.1, -0.05) is 29.3 Å². The topological polar surface area (TPSA) is 52.3 Å². The van der Waals surface area contributed by atoms with E-state index in [9.17, 15) is 4.79 Å². The van der Waals surface area contributed by atoms with Gasteiger partial charge in [-0.25, -0.2) is 4.98 Å². The molecular weight excluding hydrogens is 547 g/mol. The third kappa shape index (κ3) is 4.69. The summed E-state index contributed by atoms with van der Waals surface area (Å²) in [5, 5.41) is 1.05. The molecule has 4 aromatic rings. The first-order valence-corrected chi connectivity index (χ1v) is 14.2. The van der Waals surface area contributed by atoms with Crippen molar-refractivity contribution in [2.75, 3.05) is 31.2 Å². The Morgan fingerprint density at radius 2 is 1.85 bits per heavy atom. The molecule has 3 aromatic heterocycles. The summed E-state index contributed by atoms with van der Waals surface area (Å²) < 4.78 is 9.31. The minimum atomic E-state index is -0.00743. The molecule has 1 saturated heterocycles. The second-order valence-corrected chi connectivity index (χ2v) is 10.2. The average molecular weight is 572 g/mol. The Balaban J connectivity index is 1.52. The predicted molar refractivity (Wildman–Crippen MR) is 144 cm³/mol. The van der Waals surface area contributed by atoms with Crippen LogP contribution in [0, 0.1) is 13.8 Å². The van der Waals surface area contributed by atoms with Crippen LogP contribution in [0.5, 0.6) is 0 Å². The number of nitrogens with zero attached hydrogens (tertiary/aromatic N) is 4. The van der Waals surface area contributed by atoms with E-state index in [1.54, 1.807) is 19.8 Å². The number of fused-ring (bicyclic) bond motifs is 1. The van der Waals surface area contributed by atoms with Crippen molar-refractivity contribution in [3.63, 3.8) is 0 Å². The Kier molecular flexibility index (Phi) is 6.49. The molecule has 170 valence electrons. The lowest BCUT2D eigenvalue weighted by Gasteiger charge is -2.28. The van der Waals surface area contributed by atoms with E-state index < -0.39 is 0 Å². The van der Waals surface area contributed by atoms with E-state index in [1.807, 2.05) is 18.5 Å². The lowest BCUT2D eigenvalue weighted by Crippen LogP contribution is -2.36. The summed E-state index contributed by atoms with van der Waals surface area (Å²) in [6.45, 7) is 7.92. The van der Waals surface area contributed by atoms with Gasteiger partial charge in [-0.05, 0) is 37.1 Å². The van der Waals surface area contributed by atoms with E-state index in [-0.39, 0.29) is 5.56 Å². The van der Waals surface area contributed by atoms with Gasteiger partial charge in [-0.2, -0.15) is 0 Å². The Morgan fingerprint density at radius 1 is 1.09 bits per heavy atom. The van der Waals surface area contributed by atoms with Gasteiger partial charge in [0.15, 0.2) is 5.65 Å². The zero-order valence-electron chi connectivity index (χ0n) is 18.6. The molecule has 0 aliphatic carbocycles. The van der Waals surface area contributed by atoms with Crippen LogP contribution in [0.4, 0.5) is 5.69 Å². The number of halogens is 1. The normalized spacial score (nSPS) is 14.2. The molecule has 0 amide bonds. The fourth-order valence-corrected chi connectivity index (χ4v) is 5.77. The molecule has 5 rings (SSSR count). The highest BCUT2D eigenvalue weighted by Gasteiger charge is 2.17. The van der Waals surface area contributed by atoms with Crippen molar-refractivity contribution in [2.45, 2.75) is 20.4 Å². The number of aromatic nitrogens is 3. The molecule has 0 unspecified atom stereocenters. The van der Waals surface area contributed by atoms with E-state index >= 15 is 0 Å². The van der Waals surface area contributed by atoms with Crippen LogP contribution in [-0.4, -0.2) is 39.8 Å². The first kappa shape index (κ1) is 22.5. The predicted octanol–water partition coefficient (Wildman–Crippen LogP) is 5.21. The Hall–Kier alpha value is -2.30. The zero-order chi connectivity index (χ0) is 22.9. The highest BCUT2D eigenvalue weighted by atomic mass is 127. The molecule has 6 nitrogen and oxygen atoms in total. The van der Waals surface area contributed by atoms with Gasteiger partial charge in [0, 0.05) is 72.8 Å². The van der Waals surface area contributed by atoms with Crippen molar-refractivity contribution in [3.05, 3.63) is 82.0 Å². The van der Waals surface area contributed by atoms with Gasteiger partial charge in [-0.3, -0.25) is 8.77 Å². The molecule has 1 aliphatic heterocycles. The summed E-state index contributed by atoms with van der Waals surface area (Å²) in [5.74, 6) is 0. The molecule has 0 radical (unpaired) electrons. The molecule has 33 heavy (non-hydrogen) atoms. The molecule has 0 atom stereocenters. The van der Waals surface area contributed by atoms with Crippen LogP contribution in [-0.2, 0) is 11.3 Å². The summed E-state index contributed by atoms with van der Waals surface area (Å²) in [4.78, 5) is 20.1. The van der Waals surface area contributed by atoms with Crippen molar-refractivity contribution in [2.24, 2.45) is 0 Å². The molecule has 0 saturated carbocycles. The summed E-state index contributed by atoms with van der Waals surface area (Å²) in [5.41, 5.74) is 7.47. The lowest BCUT2D eigenvalue weighted by molar-refractivity contribution is 0.122. The molecule has 1 fully saturated rings. The van der Waals surface area contributed by atoms with Gasteiger partial charge in [-0.15, -0.1) is 0 Å². The first-order chi connectivity index (χ1) is 16.0. The monoisotopic (exact) mass is 572 g/mol. The largest absolute Gasteiger partial charge is 0.378 e. The SMILES string of the molecule is Cc1cc(C)cc(Cn2ccc(-c3cn(SI)c4ncc(N5CCOCC5)cc34)cc2=O)c1. The quantitative estimate of drug-likeness (QED) is 0.308. The van der Waals surface area contributed by atoms with E-state index in [4.69, 9.17) is 9.72 Å². The van der Waals surface area contributed by atoms with Crippen LogP contribution < -0.4 is 10.5 Å². The summed E-state index contributed by atoms with van der Waals surface area (Å²) in [7, 11) is 1.57. The highest BCUT2D eigenvalue weighted by Crippen LogP contribution is 2.35. The van der Waals surface area contributed by atoms with Crippen molar-refractivity contribution in [1.29, 1.82) is 0 Å². The van der Waals surface area contributed by atoms with Gasteiger partial charge in [0.2, 0.25) is 0 Å². The number of anilines is 1. The standard InChI is InChI=1S/C25H25IN4O2S/c1-17-9-18(2)11-19(10-17)15-29-4-3-20(12-24(29)31)23-16-30(33-26)25-22(23)13-21(14-27-25)28-5-7-32-8-6-28/h3-4,9-14,16H,5-8,15H2,1-2H3. The number of morpholine rings is 1. The number of benzene rings is 1. The highest BCUT2D eigenvalue weighted by molar-refractivity contribution is 14.2. The van der Waals surface area contributed by atoms with Gasteiger partial charge >= 0.3 is 0 Å². The number of rotatable bonds is 5. The number of pyridine rings is 2. The fraction of sp³-hybridized carbons (Fsp3) is 0.280.